The Morgan fingerprint density at radius 1 is 1.00 bits per heavy atom. The van der Waals surface area contributed by atoms with Crippen molar-refractivity contribution in [1.29, 1.82) is 0 Å². The Morgan fingerprint density at radius 3 is 2.15 bits per heavy atom. The number of methoxy groups -OCH3 is 1. The Balaban J connectivity index is 1.79. The highest BCUT2D eigenvalue weighted by Gasteiger charge is 2.23. The SMILES string of the molecule is COc1ccc(CC(C)(O)CNC(=O)C(=O)NCc2ccc(F)cc2)cc1. The zero-order valence-electron chi connectivity index (χ0n) is 15.3. The maximum atomic E-state index is 12.8. The fraction of sp³-hybridized carbons (Fsp3) is 0.300. The number of ether oxygens (including phenoxy) is 1. The molecule has 0 heterocycles. The van der Waals surface area contributed by atoms with Crippen molar-refractivity contribution in [3.05, 3.63) is 65.5 Å². The summed E-state index contributed by atoms with van der Waals surface area (Å²) in [4.78, 5) is 23.7. The smallest absolute Gasteiger partial charge is 0.309 e. The van der Waals surface area contributed by atoms with Gasteiger partial charge in [-0.1, -0.05) is 24.3 Å². The molecule has 27 heavy (non-hydrogen) atoms. The molecule has 0 aliphatic heterocycles. The molecule has 144 valence electrons. The van der Waals surface area contributed by atoms with Crippen molar-refractivity contribution in [1.82, 2.24) is 10.6 Å². The van der Waals surface area contributed by atoms with Crippen LogP contribution in [0.3, 0.4) is 0 Å². The molecule has 0 spiro atoms. The van der Waals surface area contributed by atoms with Gasteiger partial charge >= 0.3 is 11.8 Å². The molecule has 0 saturated heterocycles. The minimum Gasteiger partial charge on any atom is -0.497 e. The summed E-state index contributed by atoms with van der Waals surface area (Å²) in [7, 11) is 1.57. The van der Waals surface area contributed by atoms with Crippen LogP contribution in [-0.4, -0.2) is 36.2 Å². The number of carbonyl (C=O) groups is 2. The van der Waals surface area contributed by atoms with Gasteiger partial charge in [0.15, 0.2) is 0 Å². The standard InChI is InChI=1S/C20H23FN2O4/c1-20(26,11-14-5-9-17(27-2)10-6-14)13-23-19(25)18(24)22-12-15-3-7-16(21)8-4-15/h3-10,26H,11-13H2,1-2H3,(H,22,24)(H,23,25). The first-order valence-corrected chi connectivity index (χ1v) is 8.45. The normalized spacial score (nSPS) is 12.7. The first-order chi connectivity index (χ1) is 12.8. The second-order valence-electron chi connectivity index (χ2n) is 6.51. The monoisotopic (exact) mass is 374 g/mol. The number of hydrogen-bond acceptors (Lipinski definition) is 4. The predicted octanol–water partition coefficient (Wildman–Crippen LogP) is 1.56. The van der Waals surface area contributed by atoms with Gasteiger partial charge in [0.25, 0.3) is 0 Å². The van der Waals surface area contributed by atoms with Crippen LogP contribution in [0.5, 0.6) is 5.75 Å². The van der Waals surface area contributed by atoms with Crippen molar-refractivity contribution in [3.63, 3.8) is 0 Å². The molecule has 2 rings (SSSR count). The second-order valence-corrected chi connectivity index (χ2v) is 6.51. The van der Waals surface area contributed by atoms with E-state index in [-0.39, 0.29) is 18.9 Å². The van der Waals surface area contributed by atoms with Crippen LogP contribution in [0.15, 0.2) is 48.5 Å². The Morgan fingerprint density at radius 2 is 1.56 bits per heavy atom. The second kappa shape index (κ2) is 9.14. The summed E-state index contributed by atoms with van der Waals surface area (Å²) in [6.45, 7) is 1.60. The Bertz CT molecular complexity index is 774. The van der Waals surface area contributed by atoms with Crippen molar-refractivity contribution >= 4 is 11.8 Å². The number of rotatable bonds is 7. The van der Waals surface area contributed by atoms with Crippen LogP contribution in [-0.2, 0) is 22.6 Å². The van der Waals surface area contributed by atoms with Crippen LogP contribution in [0.4, 0.5) is 4.39 Å². The first-order valence-electron chi connectivity index (χ1n) is 8.45. The summed E-state index contributed by atoms with van der Waals surface area (Å²) in [6.07, 6.45) is 0.300. The molecule has 0 aromatic heterocycles. The highest BCUT2D eigenvalue weighted by Crippen LogP contribution is 2.16. The van der Waals surface area contributed by atoms with Crippen molar-refractivity contribution in [2.24, 2.45) is 0 Å². The van der Waals surface area contributed by atoms with E-state index in [4.69, 9.17) is 4.74 Å². The molecule has 6 nitrogen and oxygen atoms in total. The predicted molar refractivity (Wildman–Crippen MR) is 98.6 cm³/mol. The molecule has 0 fully saturated rings. The van der Waals surface area contributed by atoms with Crippen molar-refractivity contribution in [2.45, 2.75) is 25.5 Å². The van der Waals surface area contributed by atoms with Gasteiger partial charge < -0.3 is 20.5 Å². The molecule has 0 radical (unpaired) electrons. The van der Waals surface area contributed by atoms with Gasteiger partial charge in [0.2, 0.25) is 0 Å². The van der Waals surface area contributed by atoms with Gasteiger partial charge in [0, 0.05) is 19.5 Å². The van der Waals surface area contributed by atoms with E-state index in [1.807, 2.05) is 12.1 Å². The van der Waals surface area contributed by atoms with Gasteiger partial charge in [-0.2, -0.15) is 0 Å². The van der Waals surface area contributed by atoms with Gasteiger partial charge in [-0.3, -0.25) is 9.59 Å². The van der Waals surface area contributed by atoms with E-state index >= 15 is 0 Å². The van der Waals surface area contributed by atoms with Gasteiger partial charge in [0.05, 0.1) is 12.7 Å². The first kappa shape index (κ1) is 20.4. The lowest BCUT2D eigenvalue weighted by molar-refractivity contribution is -0.139. The molecule has 0 saturated carbocycles. The lowest BCUT2D eigenvalue weighted by atomic mass is 9.96. The van der Waals surface area contributed by atoms with Gasteiger partial charge in [-0.05, 0) is 42.3 Å². The topological polar surface area (TPSA) is 87.7 Å². The van der Waals surface area contributed by atoms with E-state index in [1.165, 1.54) is 24.3 Å². The molecule has 0 aliphatic rings. The lowest BCUT2D eigenvalue weighted by Gasteiger charge is -2.23. The molecule has 2 aromatic carbocycles. The fourth-order valence-electron chi connectivity index (χ4n) is 2.46. The molecule has 0 bridgehead atoms. The highest BCUT2D eigenvalue weighted by molar-refractivity contribution is 6.35. The molecule has 2 aromatic rings. The quantitative estimate of drug-likeness (QED) is 0.642. The van der Waals surface area contributed by atoms with Crippen LogP contribution < -0.4 is 15.4 Å². The van der Waals surface area contributed by atoms with Crippen LogP contribution in [0, 0.1) is 5.82 Å². The number of benzene rings is 2. The number of hydrogen-bond donors (Lipinski definition) is 3. The molecule has 1 atom stereocenters. The lowest BCUT2D eigenvalue weighted by Crippen LogP contribution is -2.47. The largest absolute Gasteiger partial charge is 0.497 e. The van der Waals surface area contributed by atoms with E-state index in [1.54, 1.807) is 26.2 Å². The summed E-state index contributed by atoms with van der Waals surface area (Å²) < 4.78 is 17.9. The molecular formula is C20H23FN2O4. The number of halogens is 1. The van der Waals surface area contributed by atoms with E-state index in [0.717, 1.165) is 5.56 Å². The molecular weight excluding hydrogens is 351 g/mol. The van der Waals surface area contributed by atoms with Crippen LogP contribution in [0.1, 0.15) is 18.1 Å². The Labute approximate surface area is 157 Å². The Kier molecular flexibility index (Phi) is 6.90. The summed E-state index contributed by atoms with van der Waals surface area (Å²) in [5.41, 5.74) is 0.321. The van der Waals surface area contributed by atoms with Crippen LogP contribution in [0.2, 0.25) is 0 Å². The number of nitrogens with one attached hydrogen (secondary N) is 2. The summed E-state index contributed by atoms with van der Waals surface area (Å²) >= 11 is 0. The third-order valence-corrected chi connectivity index (χ3v) is 3.95. The van der Waals surface area contributed by atoms with Gasteiger partial charge in [0.1, 0.15) is 11.6 Å². The maximum absolute atomic E-state index is 12.8. The zero-order valence-corrected chi connectivity index (χ0v) is 15.3. The van der Waals surface area contributed by atoms with E-state index in [9.17, 15) is 19.1 Å². The third-order valence-electron chi connectivity index (χ3n) is 3.95. The summed E-state index contributed by atoms with van der Waals surface area (Å²) in [5.74, 6) is -1.32. The van der Waals surface area contributed by atoms with Crippen LogP contribution in [0.25, 0.3) is 0 Å². The van der Waals surface area contributed by atoms with E-state index in [0.29, 0.717) is 17.7 Å². The number of amides is 2. The summed E-state index contributed by atoms with van der Waals surface area (Å²) in [6, 6.07) is 12.8. The van der Waals surface area contributed by atoms with Gasteiger partial charge in [-0.25, -0.2) is 4.39 Å². The van der Waals surface area contributed by atoms with Crippen LogP contribution >= 0.6 is 0 Å². The number of aliphatic hydroxyl groups is 1. The highest BCUT2D eigenvalue weighted by atomic mass is 19.1. The molecule has 0 aliphatic carbocycles. The third kappa shape index (κ3) is 6.71. The van der Waals surface area contributed by atoms with Crippen molar-refractivity contribution < 1.29 is 23.8 Å². The van der Waals surface area contributed by atoms with Crippen molar-refractivity contribution in [2.75, 3.05) is 13.7 Å². The van der Waals surface area contributed by atoms with E-state index in [2.05, 4.69) is 10.6 Å². The minimum absolute atomic E-state index is 0.0815. The van der Waals surface area contributed by atoms with Crippen molar-refractivity contribution in [3.8, 4) is 5.75 Å². The average molecular weight is 374 g/mol. The molecule has 3 N–H and O–H groups in total. The Hall–Kier alpha value is -2.93. The number of carbonyl (C=O) groups excluding carboxylic acids is 2. The molecule has 1 unspecified atom stereocenters. The molecule has 2 amide bonds. The zero-order chi connectivity index (χ0) is 19.9. The summed E-state index contributed by atoms with van der Waals surface area (Å²) in [5, 5.41) is 15.3. The minimum atomic E-state index is -1.22. The average Bonchev–Trinajstić information content (AvgIpc) is 2.65. The van der Waals surface area contributed by atoms with Gasteiger partial charge in [-0.15, -0.1) is 0 Å². The maximum Gasteiger partial charge on any atom is 0.309 e. The fourth-order valence-corrected chi connectivity index (χ4v) is 2.46. The van der Waals surface area contributed by atoms with E-state index < -0.39 is 17.4 Å². The molecule has 7 heteroatoms.